The molecule has 30 heavy (non-hydrogen) atoms. The molecule has 166 valence electrons. The van der Waals surface area contributed by atoms with Crippen molar-refractivity contribution in [1.82, 2.24) is 0 Å². The molecular weight excluding hydrogens is 380 g/mol. The molecule has 3 saturated carbocycles. The van der Waals surface area contributed by atoms with Gasteiger partial charge in [-0.1, -0.05) is 32.8 Å². The summed E-state index contributed by atoms with van der Waals surface area (Å²) in [6.45, 7) is 5.97. The van der Waals surface area contributed by atoms with Gasteiger partial charge in [-0.15, -0.1) is 0 Å². The van der Waals surface area contributed by atoms with Crippen LogP contribution in [0.1, 0.15) is 91.4 Å². The summed E-state index contributed by atoms with van der Waals surface area (Å²) in [6, 6.07) is 0. The quantitative estimate of drug-likeness (QED) is 0.459. The average molecular weight is 417 g/mol. The lowest BCUT2D eigenvalue weighted by molar-refractivity contribution is -0.229. The Morgan fingerprint density at radius 2 is 1.70 bits per heavy atom. The lowest BCUT2D eigenvalue weighted by Crippen LogP contribution is -2.57. The van der Waals surface area contributed by atoms with E-state index < -0.39 is 11.7 Å². The van der Waals surface area contributed by atoms with E-state index in [2.05, 4.69) is 6.92 Å². The molecule has 0 aromatic carbocycles. The van der Waals surface area contributed by atoms with Crippen LogP contribution in [0.5, 0.6) is 0 Å². The number of hydrogen-bond acceptors (Lipinski definition) is 5. The molecule has 4 aliphatic carbocycles. The Labute approximate surface area is 179 Å². The van der Waals surface area contributed by atoms with Crippen molar-refractivity contribution in [2.24, 2.45) is 28.6 Å². The van der Waals surface area contributed by atoms with Gasteiger partial charge in [-0.3, -0.25) is 14.4 Å². The Morgan fingerprint density at radius 1 is 1.00 bits per heavy atom. The number of hydrogen-bond donors (Lipinski definition) is 0. The van der Waals surface area contributed by atoms with Gasteiger partial charge in [0, 0.05) is 19.3 Å². The Bertz CT molecular complexity index is 737. The fourth-order valence-corrected chi connectivity index (χ4v) is 7.35. The van der Waals surface area contributed by atoms with Crippen LogP contribution in [-0.4, -0.2) is 24.0 Å². The summed E-state index contributed by atoms with van der Waals surface area (Å²) >= 11 is 0. The summed E-state index contributed by atoms with van der Waals surface area (Å²) < 4.78 is 11.7. The zero-order valence-electron chi connectivity index (χ0n) is 18.7. The highest BCUT2D eigenvalue weighted by Gasteiger charge is 2.62. The first kappa shape index (κ1) is 21.6. The first-order chi connectivity index (χ1) is 14.3. The number of carbonyl (C=O) groups is 3. The van der Waals surface area contributed by atoms with Crippen LogP contribution in [0.25, 0.3) is 0 Å². The van der Waals surface area contributed by atoms with E-state index in [4.69, 9.17) is 9.47 Å². The second-order valence-corrected chi connectivity index (χ2v) is 10.2. The van der Waals surface area contributed by atoms with Crippen LogP contribution in [0.2, 0.25) is 0 Å². The monoisotopic (exact) mass is 416 g/mol. The van der Waals surface area contributed by atoms with Crippen molar-refractivity contribution < 1.29 is 23.9 Å². The van der Waals surface area contributed by atoms with Crippen molar-refractivity contribution in [2.75, 3.05) is 0 Å². The number of ketones is 1. The minimum atomic E-state index is -0.921. The standard InChI is InChI=1S/C25H36O5/c1-4-21(27)29-23(30-22(28)5-2)25-14-10-17(26)15-16(25)8-9-18-19-7-6-12-24(19,3)13-11-20(18)25/h15,18-20,23H,4-14H2,1-3H3/t18-,19-,20+,24-,25+/m0/s1. The molecule has 0 saturated heterocycles. The van der Waals surface area contributed by atoms with Gasteiger partial charge < -0.3 is 9.47 Å². The molecule has 5 atom stereocenters. The molecule has 0 unspecified atom stereocenters. The van der Waals surface area contributed by atoms with Gasteiger partial charge in [0.1, 0.15) is 0 Å². The third kappa shape index (κ3) is 3.42. The lowest BCUT2D eigenvalue weighted by atomic mass is 9.46. The maximum atomic E-state index is 12.4. The largest absolute Gasteiger partial charge is 0.424 e. The van der Waals surface area contributed by atoms with Crippen molar-refractivity contribution in [3.05, 3.63) is 11.6 Å². The normalized spacial score (nSPS) is 37.7. The van der Waals surface area contributed by atoms with E-state index in [0.717, 1.165) is 31.3 Å². The van der Waals surface area contributed by atoms with Crippen LogP contribution in [0.3, 0.4) is 0 Å². The van der Waals surface area contributed by atoms with E-state index in [9.17, 15) is 14.4 Å². The first-order valence-electron chi connectivity index (χ1n) is 12.0. The molecular formula is C25H36O5. The maximum absolute atomic E-state index is 12.4. The van der Waals surface area contributed by atoms with E-state index >= 15 is 0 Å². The van der Waals surface area contributed by atoms with Crippen LogP contribution in [0, 0.1) is 28.6 Å². The van der Waals surface area contributed by atoms with Gasteiger partial charge in [-0.25, -0.2) is 0 Å². The SMILES string of the molecule is CCC(=O)OC(OC(=O)CC)[C@]12CCC(=O)C=C1CC[C@@H]1[C@H]2CC[C@]2(C)CCC[C@@H]12. The van der Waals surface area contributed by atoms with Crippen molar-refractivity contribution in [1.29, 1.82) is 0 Å². The van der Waals surface area contributed by atoms with E-state index in [1.54, 1.807) is 19.9 Å². The Hall–Kier alpha value is -1.65. The van der Waals surface area contributed by atoms with E-state index in [1.807, 2.05) is 0 Å². The Kier molecular flexibility index (Phi) is 5.84. The Balaban J connectivity index is 1.77. The predicted octanol–water partition coefficient (Wildman–Crippen LogP) is 5.12. The molecule has 0 bridgehead atoms. The summed E-state index contributed by atoms with van der Waals surface area (Å²) in [5.41, 5.74) is 0.916. The van der Waals surface area contributed by atoms with Crippen LogP contribution in [-0.2, 0) is 23.9 Å². The van der Waals surface area contributed by atoms with Gasteiger partial charge in [0.15, 0.2) is 5.78 Å². The summed E-state index contributed by atoms with van der Waals surface area (Å²) in [6.07, 6.45) is 10.4. The summed E-state index contributed by atoms with van der Waals surface area (Å²) in [7, 11) is 0. The fourth-order valence-electron chi connectivity index (χ4n) is 7.35. The molecule has 4 aliphatic rings. The highest BCUT2D eigenvalue weighted by Crippen LogP contribution is 2.66. The smallest absolute Gasteiger partial charge is 0.308 e. The van der Waals surface area contributed by atoms with Gasteiger partial charge in [0.25, 0.3) is 6.29 Å². The molecule has 0 N–H and O–H groups in total. The Morgan fingerprint density at radius 3 is 2.37 bits per heavy atom. The minimum Gasteiger partial charge on any atom is -0.424 e. The summed E-state index contributed by atoms with van der Waals surface area (Å²) in [5, 5.41) is 0. The van der Waals surface area contributed by atoms with Crippen molar-refractivity contribution in [3.63, 3.8) is 0 Å². The highest BCUT2D eigenvalue weighted by molar-refractivity contribution is 5.91. The average Bonchev–Trinajstić information content (AvgIpc) is 3.14. The van der Waals surface area contributed by atoms with E-state index in [-0.39, 0.29) is 30.6 Å². The van der Waals surface area contributed by atoms with Gasteiger partial charge in [-0.05, 0) is 74.2 Å². The van der Waals surface area contributed by atoms with Crippen LogP contribution < -0.4 is 0 Å². The lowest BCUT2D eigenvalue weighted by Gasteiger charge is -2.59. The third-order valence-corrected chi connectivity index (χ3v) is 8.82. The molecule has 0 radical (unpaired) electrons. The summed E-state index contributed by atoms with van der Waals surface area (Å²) in [5.74, 6) is 0.955. The van der Waals surface area contributed by atoms with Crippen molar-refractivity contribution >= 4 is 17.7 Å². The molecule has 4 rings (SSSR count). The van der Waals surface area contributed by atoms with Crippen LogP contribution in [0.4, 0.5) is 0 Å². The molecule has 5 heteroatoms. The van der Waals surface area contributed by atoms with Gasteiger partial charge in [0.05, 0.1) is 5.41 Å². The van der Waals surface area contributed by atoms with E-state index in [0.29, 0.717) is 36.0 Å². The molecule has 0 amide bonds. The molecule has 0 heterocycles. The third-order valence-electron chi connectivity index (χ3n) is 8.82. The first-order valence-corrected chi connectivity index (χ1v) is 12.0. The molecule has 0 aromatic rings. The molecule has 0 spiro atoms. The van der Waals surface area contributed by atoms with Gasteiger partial charge in [-0.2, -0.15) is 0 Å². The predicted molar refractivity (Wildman–Crippen MR) is 112 cm³/mol. The van der Waals surface area contributed by atoms with Crippen molar-refractivity contribution in [3.8, 4) is 0 Å². The molecule has 0 aliphatic heterocycles. The maximum Gasteiger partial charge on any atom is 0.308 e. The van der Waals surface area contributed by atoms with Gasteiger partial charge >= 0.3 is 11.9 Å². The topological polar surface area (TPSA) is 69.7 Å². The minimum absolute atomic E-state index is 0.142. The summed E-state index contributed by atoms with van der Waals surface area (Å²) in [4.78, 5) is 37.1. The molecule has 3 fully saturated rings. The van der Waals surface area contributed by atoms with Crippen LogP contribution in [0.15, 0.2) is 11.6 Å². The van der Waals surface area contributed by atoms with Crippen LogP contribution >= 0.6 is 0 Å². The van der Waals surface area contributed by atoms with Crippen molar-refractivity contribution in [2.45, 2.75) is 97.7 Å². The fraction of sp³-hybridized carbons (Fsp3) is 0.800. The molecule has 5 nitrogen and oxygen atoms in total. The number of fused-ring (bicyclic) bond motifs is 5. The second-order valence-electron chi connectivity index (χ2n) is 10.2. The zero-order valence-corrected chi connectivity index (χ0v) is 18.7. The number of ether oxygens (including phenoxy) is 2. The second kappa shape index (κ2) is 8.12. The number of esters is 2. The number of rotatable bonds is 5. The van der Waals surface area contributed by atoms with E-state index in [1.165, 1.54) is 19.3 Å². The zero-order chi connectivity index (χ0) is 21.5. The number of carbonyl (C=O) groups excluding carboxylic acids is 3. The van der Waals surface area contributed by atoms with Gasteiger partial charge in [0.2, 0.25) is 0 Å². The highest BCUT2D eigenvalue weighted by atomic mass is 16.7. The molecule has 0 aromatic heterocycles.